The van der Waals surface area contributed by atoms with Crippen LogP contribution in [0.15, 0.2) is 72.8 Å². The van der Waals surface area contributed by atoms with E-state index >= 15 is 0 Å². The molecule has 0 radical (unpaired) electrons. The van der Waals surface area contributed by atoms with Crippen molar-refractivity contribution in [3.63, 3.8) is 0 Å². The van der Waals surface area contributed by atoms with Gasteiger partial charge in [0, 0.05) is 7.05 Å². The third-order valence-corrected chi connectivity index (χ3v) is 4.18. The highest BCUT2D eigenvalue weighted by atomic mass is 79.9. The topological polar surface area (TPSA) is 85.5 Å². The Morgan fingerprint density at radius 3 is 2.69 bits per heavy atom. The van der Waals surface area contributed by atoms with E-state index in [9.17, 15) is 4.79 Å². The number of anilines is 1. The number of para-hydroxylation sites is 1. The molecule has 0 aliphatic rings. The molecule has 1 aromatic carbocycles. The first-order chi connectivity index (χ1) is 12.6. The summed E-state index contributed by atoms with van der Waals surface area (Å²) < 4.78 is 16.6. The van der Waals surface area contributed by atoms with Crippen LogP contribution in [-0.4, -0.2) is 23.1 Å². The maximum atomic E-state index is 12.6. The molecule has 0 unspecified atom stereocenters. The number of halogens is 1. The first-order valence-corrected chi connectivity index (χ1v) is 8.43. The van der Waals surface area contributed by atoms with Gasteiger partial charge in [0.25, 0.3) is 11.8 Å². The number of carbonyl (C=O) groups excluding carboxylic acids is 1. The lowest BCUT2D eigenvalue weighted by atomic mass is 10.1. The number of aromatic nitrogens is 2. The second kappa shape index (κ2) is 6.64. The Morgan fingerprint density at radius 1 is 1.12 bits per heavy atom. The molecule has 0 saturated carbocycles. The molecule has 8 heteroatoms. The van der Waals surface area contributed by atoms with Crippen molar-refractivity contribution >= 4 is 27.5 Å². The molecule has 0 fully saturated rings. The molecular weight excluding hydrogens is 402 g/mol. The summed E-state index contributed by atoms with van der Waals surface area (Å²) in [6.07, 6.45) is 1.46. The Kier molecular flexibility index (Phi) is 4.18. The average molecular weight is 414 g/mol. The maximum Gasteiger partial charge on any atom is 0.293 e. The molecule has 0 atom stereocenters. The molecule has 0 saturated heterocycles. The molecule has 4 rings (SSSR count). The molecule has 0 aliphatic heterocycles. The largest absolute Gasteiger partial charge is 0.459 e. The monoisotopic (exact) mass is 413 g/mol. The molecule has 4 aromatic rings. The van der Waals surface area contributed by atoms with E-state index in [1.165, 1.54) is 11.2 Å². The van der Waals surface area contributed by atoms with E-state index in [0.717, 1.165) is 0 Å². The molecule has 0 bridgehead atoms. The molecule has 1 amide bonds. The molecule has 130 valence electrons. The highest BCUT2D eigenvalue weighted by Gasteiger charge is 2.22. The van der Waals surface area contributed by atoms with Crippen molar-refractivity contribution < 1.29 is 18.2 Å². The van der Waals surface area contributed by atoms with Crippen LogP contribution in [0.4, 0.5) is 5.69 Å². The average Bonchev–Trinajstić information content (AvgIpc) is 3.41. The summed E-state index contributed by atoms with van der Waals surface area (Å²) in [6, 6.07) is 14.0. The van der Waals surface area contributed by atoms with Gasteiger partial charge in [0.15, 0.2) is 16.2 Å². The smallest absolute Gasteiger partial charge is 0.293 e. The van der Waals surface area contributed by atoms with E-state index in [2.05, 4.69) is 26.1 Å². The van der Waals surface area contributed by atoms with Crippen LogP contribution in [0.5, 0.6) is 0 Å². The summed E-state index contributed by atoms with van der Waals surface area (Å²) in [4.78, 5) is 18.4. The molecular formula is C18H12BrN3O4. The summed E-state index contributed by atoms with van der Waals surface area (Å²) in [7, 11) is 1.66. The lowest BCUT2D eigenvalue weighted by Crippen LogP contribution is -2.26. The highest BCUT2D eigenvalue weighted by molar-refractivity contribution is 9.10. The SMILES string of the molecule is CN(C(=O)c1ccco1)c1ccccc1-c1nc(-c2ccc(Br)o2)no1. The first-order valence-electron chi connectivity index (χ1n) is 7.64. The Labute approximate surface area is 156 Å². The van der Waals surface area contributed by atoms with Gasteiger partial charge in [-0.25, -0.2) is 0 Å². The van der Waals surface area contributed by atoms with Gasteiger partial charge in [0.05, 0.1) is 17.5 Å². The molecule has 7 nitrogen and oxygen atoms in total. The number of hydrogen-bond acceptors (Lipinski definition) is 6. The van der Waals surface area contributed by atoms with Crippen LogP contribution in [0.1, 0.15) is 10.6 Å². The zero-order valence-corrected chi connectivity index (χ0v) is 15.1. The number of benzene rings is 1. The van der Waals surface area contributed by atoms with Gasteiger partial charge >= 0.3 is 0 Å². The van der Waals surface area contributed by atoms with Crippen LogP contribution in [0.3, 0.4) is 0 Å². The lowest BCUT2D eigenvalue weighted by molar-refractivity contribution is 0.0966. The van der Waals surface area contributed by atoms with Crippen molar-refractivity contribution in [1.29, 1.82) is 0 Å². The Bertz CT molecular complexity index is 1050. The van der Waals surface area contributed by atoms with E-state index in [1.54, 1.807) is 43.4 Å². The van der Waals surface area contributed by atoms with Gasteiger partial charge in [0.2, 0.25) is 5.82 Å². The minimum absolute atomic E-state index is 0.244. The van der Waals surface area contributed by atoms with Crippen molar-refractivity contribution in [2.75, 3.05) is 11.9 Å². The van der Waals surface area contributed by atoms with Crippen LogP contribution in [0.25, 0.3) is 23.0 Å². The molecule has 0 N–H and O–H groups in total. The standard InChI is InChI=1S/C18H12BrN3O4/c1-22(18(23)14-7-4-10-24-14)12-6-3-2-5-11(12)17-20-16(21-26-17)13-8-9-15(19)25-13/h2-10H,1H3. The quantitative estimate of drug-likeness (QED) is 0.484. The van der Waals surface area contributed by atoms with Gasteiger partial charge in [-0.2, -0.15) is 4.98 Å². The van der Waals surface area contributed by atoms with Gasteiger partial charge in [-0.05, 0) is 52.3 Å². The van der Waals surface area contributed by atoms with E-state index in [4.69, 9.17) is 13.4 Å². The fraction of sp³-hybridized carbons (Fsp3) is 0.0556. The second-order valence-corrected chi connectivity index (χ2v) is 6.17. The van der Waals surface area contributed by atoms with Gasteiger partial charge in [-0.1, -0.05) is 17.3 Å². The van der Waals surface area contributed by atoms with E-state index in [1.807, 2.05) is 12.1 Å². The molecule has 26 heavy (non-hydrogen) atoms. The Morgan fingerprint density at radius 2 is 1.96 bits per heavy atom. The van der Waals surface area contributed by atoms with Gasteiger partial charge < -0.3 is 18.3 Å². The number of rotatable bonds is 4. The Hall–Kier alpha value is -3.13. The van der Waals surface area contributed by atoms with Gasteiger partial charge in [0.1, 0.15) is 0 Å². The number of furan rings is 2. The van der Waals surface area contributed by atoms with Crippen LogP contribution in [-0.2, 0) is 0 Å². The summed E-state index contributed by atoms with van der Waals surface area (Å²) in [5, 5.41) is 3.95. The molecule has 0 spiro atoms. The summed E-state index contributed by atoms with van der Waals surface area (Å²) in [5.74, 6) is 1.04. The third-order valence-electron chi connectivity index (χ3n) is 3.75. The lowest BCUT2D eigenvalue weighted by Gasteiger charge is -2.18. The Balaban J connectivity index is 1.70. The minimum Gasteiger partial charge on any atom is -0.459 e. The first kappa shape index (κ1) is 16.3. The van der Waals surface area contributed by atoms with Crippen molar-refractivity contribution in [2.24, 2.45) is 0 Å². The predicted molar refractivity (Wildman–Crippen MR) is 96.6 cm³/mol. The van der Waals surface area contributed by atoms with Crippen molar-refractivity contribution in [2.45, 2.75) is 0 Å². The van der Waals surface area contributed by atoms with Crippen molar-refractivity contribution in [3.8, 4) is 23.0 Å². The molecule has 0 aliphatic carbocycles. The van der Waals surface area contributed by atoms with Crippen LogP contribution < -0.4 is 4.90 Å². The summed E-state index contributed by atoms with van der Waals surface area (Å²) >= 11 is 3.24. The van der Waals surface area contributed by atoms with Gasteiger partial charge in [-0.15, -0.1) is 0 Å². The van der Waals surface area contributed by atoms with Gasteiger partial charge in [-0.3, -0.25) is 4.79 Å². The second-order valence-electron chi connectivity index (χ2n) is 5.39. The van der Waals surface area contributed by atoms with Crippen LogP contribution >= 0.6 is 15.9 Å². The molecule has 3 heterocycles. The predicted octanol–water partition coefficient (Wildman–Crippen LogP) is 4.63. The minimum atomic E-state index is -0.280. The van der Waals surface area contributed by atoms with E-state index in [-0.39, 0.29) is 17.6 Å². The fourth-order valence-corrected chi connectivity index (χ4v) is 2.80. The number of hydrogen-bond donors (Lipinski definition) is 0. The fourth-order valence-electron chi connectivity index (χ4n) is 2.49. The van der Waals surface area contributed by atoms with E-state index < -0.39 is 0 Å². The summed E-state index contributed by atoms with van der Waals surface area (Å²) in [5.41, 5.74) is 1.24. The summed E-state index contributed by atoms with van der Waals surface area (Å²) in [6.45, 7) is 0. The zero-order chi connectivity index (χ0) is 18.1. The van der Waals surface area contributed by atoms with E-state index in [0.29, 0.717) is 27.5 Å². The highest BCUT2D eigenvalue weighted by Crippen LogP contribution is 2.32. The third kappa shape index (κ3) is 2.95. The molecule has 3 aromatic heterocycles. The number of nitrogens with zero attached hydrogens (tertiary/aromatic N) is 3. The van der Waals surface area contributed by atoms with Crippen molar-refractivity contribution in [1.82, 2.24) is 10.1 Å². The number of amides is 1. The normalized spacial score (nSPS) is 10.8. The maximum absolute atomic E-state index is 12.6. The van der Waals surface area contributed by atoms with Crippen LogP contribution in [0, 0.1) is 0 Å². The van der Waals surface area contributed by atoms with Crippen molar-refractivity contribution in [3.05, 3.63) is 65.2 Å². The zero-order valence-electron chi connectivity index (χ0n) is 13.5. The number of carbonyl (C=O) groups is 1. The van der Waals surface area contributed by atoms with Crippen LogP contribution in [0.2, 0.25) is 0 Å².